The van der Waals surface area contributed by atoms with Crippen molar-refractivity contribution in [1.82, 2.24) is 9.80 Å². The molecule has 4 rings (SSSR count). The number of para-hydroxylation sites is 1. The lowest BCUT2D eigenvalue weighted by molar-refractivity contribution is -0.137. The highest BCUT2D eigenvalue weighted by atomic mass is 32.1. The number of thiophene rings is 1. The lowest BCUT2D eigenvalue weighted by atomic mass is 10.1. The normalized spacial score (nSPS) is 21.2. The molecule has 24 heavy (non-hydrogen) atoms. The standard InChI is InChI=1S/C19H22N2O2S/c22-19(18-13-15-5-1-2-7-17(15)23-18)21-9-4-8-20(10-11-21)14-16-6-3-12-24-16/h1-3,5-7,12,18H,4,8-11,13-14H2/t18-/m0/s1. The summed E-state index contributed by atoms with van der Waals surface area (Å²) in [4.78, 5) is 18.7. The molecule has 0 aliphatic carbocycles. The summed E-state index contributed by atoms with van der Waals surface area (Å²) in [7, 11) is 0. The molecule has 0 spiro atoms. The zero-order valence-electron chi connectivity index (χ0n) is 13.7. The largest absolute Gasteiger partial charge is 0.480 e. The molecule has 4 nitrogen and oxygen atoms in total. The fourth-order valence-corrected chi connectivity index (χ4v) is 4.24. The molecule has 1 atom stereocenters. The summed E-state index contributed by atoms with van der Waals surface area (Å²) in [6.45, 7) is 4.60. The Labute approximate surface area is 146 Å². The van der Waals surface area contributed by atoms with E-state index in [0.717, 1.165) is 50.5 Å². The van der Waals surface area contributed by atoms with Crippen molar-refractivity contribution in [3.05, 3.63) is 52.2 Å². The fourth-order valence-electron chi connectivity index (χ4n) is 3.50. The third kappa shape index (κ3) is 3.32. The fraction of sp³-hybridized carbons (Fsp3) is 0.421. The number of hydrogen-bond acceptors (Lipinski definition) is 4. The second-order valence-electron chi connectivity index (χ2n) is 6.45. The monoisotopic (exact) mass is 342 g/mol. The van der Waals surface area contributed by atoms with Gasteiger partial charge in [0.05, 0.1) is 0 Å². The first-order valence-corrected chi connectivity index (χ1v) is 9.45. The molecule has 2 aromatic rings. The molecule has 1 aromatic carbocycles. The SMILES string of the molecule is O=C([C@@H]1Cc2ccccc2O1)N1CCCN(Cc2cccs2)CC1. The van der Waals surface area contributed by atoms with Crippen LogP contribution in [-0.2, 0) is 17.8 Å². The van der Waals surface area contributed by atoms with Gasteiger partial charge in [-0.05, 0) is 29.5 Å². The van der Waals surface area contributed by atoms with E-state index in [4.69, 9.17) is 4.74 Å². The summed E-state index contributed by atoms with van der Waals surface area (Å²) >= 11 is 1.80. The van der Waals surface area contributed by atoms with Gasteiger partial charge in [0.1, 0.15) is 5.75 Å². The Balaban J connectivity index is 1.35. The second-order valence-corrected chi connectivity index (χ2v) is 7.48. The molecule has 1 saturated heterocycles. The van der Waals surface area contributed by atoms with E-state index in [1.165, 1.54) is 4.88 Å². The number of carbonyl (C=O) groups is 1. The molecule has 0 bridgehead atoms. The average molecular weight is 342 g/mol. The molecular weight excluding hydrogens is 320 g/mol. The smallest absolute Gasteiger partial charge is 0.264 e. The quantitative estimate of drug-likeness (QED) is 0.860. The highest BCUT2D eigenvalue weighted by Crippen LogP contribution is 2.29. The van der Waals surface area contributed by atoms with Crippen LogP contribution < -0.4 is 4.74 Å². The van der Waals surface area contributed by atoms with E-state index in [-0.39, 0.29) is 12.0 Å². The number of ether oxygens (including phenoxy) is 1. The highest BCUT2D eigenvalue weighted by molar-refractivity contribution is 7.09. The van der Waals surface area contributed by atoms with Crippen LogP contribution in [0.2, 0.25) is 0 Å². The predicted octanol–water partition coefficient (Wildman–Crippen LogP) is 2.79. The van der Waals surface area contributed by atoms with Crippen molar-refractivity contribution in [3.8, 4) is 5.75 Å². The zero-order chi connectivity index (χ0) is 16.4. The third-order valence-corrected chi connectivity index (χ3v) is 5.64. The predicted molar refractivity (Wildman–Crippen MR) is 95.4 cm³/mol. The maximum absolute atomic E-state index is 12.8. The van der Waals surface area contributed by atoms with Gasteiger partial charge in [-0.1, -0.05) is 24.3 Å². The molecule has 1 amide bonds. The van der Waals surface area contributed by atoms with E-state index in [1.807, 2.05) is 29.2 Å². The van der Waals surface area contributed by atoms with Crippen LogP contribution in [0, 0.1) is 0 Å². The lowest BCUT2D eigenvalue weighted by Crippen LogP contribution is -2.43. The van der Waals surface area contributed by atoms with E-state index < -0.39 is 0 Å². The van der Waals surface area contributed by atoms with E-state index in [1.54, 1.807) is 11.3 Å². The molecular formula is C19H22N2O2S. The first-order valence-electron chi connectivity index (χ1n) is 8.58. The van der Waals surface area contributed by atoms with Crippen LogP contribution in [0.1, 0.15) is 16.9 Å². The molecule has 1 fully saturated rings. The summed E-state index contributed by atoms with van der Waals surface area (Å²) in [5, 5.41) is 2.12. The van der Waals surface area contributed by atoms with E-state index in [9.17, 15) is 4.79 Å². The van der Waals surface area contributed by atoms with Crippen LogP contribution in [0.25, 0.3) is 0 Å². The van der Waals surface area contributed by atoms with E-state index in [0.29, 0.717) is 6.42 Å². The van der Waals surface area contributed by atoms with Crippen LogP contribution >= 0.6 is 11.3 Å². The maximum Gasteiger partial charge on any atom is 0.264 e. The summed E-state index contributed by atoms with van der Waals surface area (Å²) in [6.07, 6.45) is 1.38. The number of fused-ring (bicyclic) bond motifs is 1. The van der Waals surface area contributed by atoms with Crippen molar-refractivity contribution in [1.29, 1.82) is 0 Å². The zero-order valence-corrected chi connectivity index (χ0v) is 14.5. The summed E-state index contributed by atoms with van der Waals surface area (Å²) < 4.78 is 5.87. The molecule has 0 saturated carbocycles. The summed E-state index contributed by atoms with van der Waals surface area (Å²) in [6, 6.07) is 12.2. The lowest BCUT2D eigenvalue weighted by Gasteiger charge is -2.24. The Bertz CT molecular complexity index is 676. The number of carbonyl (C=O) groups excluding carboxylic acids is 1. The van der Waals surface area contributed by atoms with Gasteiger partial charge >= 0.3 is 0 Å². The molecule has 3 heterocycles. The van der Waals surface area contributed by atoms with Gasteiger partial charge in [0.25, 0.3) is 5.91 Å². The Kier molecular flexibility index (Phi) is 4.54. The third-order valence-electron chi connectivity index (χ3n) is 4.78. The topological polar surface area (TPSA) is 32.8 Å². The molecule has 0 unspecified atom stereocenters. The molecule has 0 radical (unpaired) electrons. The number of benzene rings is 1. The second kappa shape index (κ2) is 6.95. The van der Waals surface area contributed by atoms with Gasteiger partial charge in [-0.25, -0.2) is 0 Å². The van der Waals surface area contributed by atoms with Gasteiger partial charge in [-0.3, -0.25) is 9.69 Å². The first kappa shape index (κ1) is 15.7. The minimum Gasteiger partial charge on any atom is -0.480 e. The molecule has 0 N–H and O–H groups in total. The van der Waals surface area contributed by atoms with Crippen molar-refractivity contribution in [3.63, 3.8) is 0 Å². The minimum atomic E-state index is -0.341. The van der Waals surface area contributed by atoms with Gasteiger partial charge in [0.15, 0.2) is 6.10 Å². The summed E-state index contributed by atoms with van der Waals surface area (Å²) in [5.74, 6) is 1.01. The van der Waals surface area contributed by atoms with Crippen molar-refractivity contribution >= 4 is 17.2 Å². The van der Waals surface area contributed by atoms with Gasteiger partial charge < -0.3 is 9.64 Å². The average Bonchev–Trinajstić information content (AvgIpc) is 3.20. The Morgan fingerprint density at radius 2 is 2.04 bits per heavy atom. The maximum atomic E-state index is 12.8. The first-order chi connectivity index (χ1) is 11.8. The van der Waals surface area contributed by atoms with Crippen LogP contribution in [-0.4, -0.2) is 48.0 Å². The minimum absolute atomic E-state index is 0.143. The molecule has 5 heteroatoms. The van der Waals surface area contributed by atoms with E-state index >= 15 is 0 Å². The summed E-state index contributed by atoms with van der Waals surface area (Å²) in [5.41, 5.74) is 1.14. The van der Waals surface area contributed by atoms with Gasteiger partial charge in [0, 0.05) is 44.0 Å². The Morgan fingerprint density at radius 3 is 2.88 bits per heavy atom. The van der Waals surface area contributed by atoms with Crippen molar-refractivity contribution < 1.29 is 9.53 Å². The van der Waals surface area contributed by atoms with Crippen LogP contribution in [0.3, 0.4) is 0 Å². The molecule has 126 valence electrons. The number of nitrogens with zero attached hydrogens (tertiary/aromatic N) is 2. The van der Waals surface area contributed by atoms with E-state index in [2.05, 4.69) is 22.4 Å². The molecule has 2 aliphatic rings. The van der Waals surface area contributed by atoms with Crippen LogP contribution in [0.15, 0.2) is 41.8 Å². The Morgan fingerprint density at radius 1 is 1.12 bits per heavy atom. The van der Waals surface area contributed by atoms with Crippen LogP contribution in [0.4, 0.5) is 0 Å². The highest BCUT2D eigenvalue weighted by Gasteiger charge is 2.32. The van der Waals surface area contributed by atoms with Gasteiger partial charge in [0.2, 0.25) is 0 Å². The Hall–Kier alpha value is -1.85. The molecule has 1 aromatic heterocycles. The van der Waals surface area contributed by atoms with Crippen LogP contribution in [0.5, 0.6) is 5.75 Å². The number of amides is 1. The number of hydrogen-bond donors (Lipinski definition) is 0. The molecule has 2 aliphatic heterocycles. The van der Waals surface area contributed by atoms with Crippen molar-refractivity contribution in [2.75, 3.05) is 26.2 Å². The van der Waals surface area contributed by atoms with Gasteiger partial charge in [-0.2, -0.15) is 0 Å². The van der Waals surface area contributed by atoms with Gasteiger partial charge in [-0.15, -0.1) is 11.3 Å². The van der Waals surface area contributed by atoms with Crippen molar-refractivity contribution in [2.24, 2.45) is 0 Å². The number of rotatable bonds is 3. The van der Waals surface area contributed by atoms with Crippen molar-refractivity contribution in [2.45, 2.75) is 25.5 Å².